The monoisotopic (exact) mass is 276 g/mol. The molecule has 1 aliphatic carbocycles. The van der Waals surface area contributed by atoms with E-state index in [0.29, 0.717) is 0 Å². The van der Waals surface area contributed by atoms with Crippen LogP contribution in [-0.4, -0.2) is 42.3 Å². The Bertz CT molecular complexity index is 211. The Kier molecular flexibility index (Phi) is 6.80. The van der Waals surface area contributed by atoms with Gasteiger partial charge >= 0.3 is 8.80 Å². The number of rotatable bonds is 8. The number of hydrogen-bond acceptors (Lipinski definition) is 4. The highest BCUT2D eigenvalue weighted by atomic mass is 28.4. The minimum Gasteiger partial charge on any atom is -0.377 e. The van der Waals surface area contributed by atoms with Crippen LogP contribution in [-0.2, 0) is 18.0 Å². The van der Waals surface area contributed by atoms with Gasteiger partial charge < -0.3 is 18.0 Å². The zero-order valence-electron chi connectivity index (χ0n) is 12.3. The molecule has 0 bridgehead atoms. The largest absolute Gasteiger partial charge is 0.500 e. The average Bonchev–Trinajstić information content (AvgIpc) is 2.42. The first-order chi connectivity index (χ1) is 8.66. The molecule has 18 heavy (non-hydrogen) atoms. The molecule has 4 nitrogen and oxygen atoms in total. The lowest BCUT2D eigenvalue weighted by Crippen LogP contribution is -2.46. The lowest BCUT2D eigenvalue weighted by atomic mass is 9.82. The van der Waals surface area contributed by atoms with Crippen molar-refractivity contribution in [1.82, 2.24) is 0 Å². The lowest BCUT2D eigenvalue weighted by molar-refractivity contribution is -0.0696. The SMILES string of the molecule is CCOC1(CC[Si](OC)(OC)OC)CCCCC1. The van der Waals surface area contributed by atoms with Crippen LogP contribution in [0.1, 0.15) is 45.4 Å². The summed E-state index contributed by atoms with van der Waals surface area (Å²) in [4.78, 5) is 0. The predicted molar refractivity (Wildman–Crippen MR) is 73.6 cm³/mol. The predicted octanol–water partition coefficient (Wildman–Crippen LogP) is 2.99. The molecule has 1 fully saturated rings. The second-order valence-electron chi connectivity index (χ2n) is 4.97. The second kappa shape index (κ2) is 7.60. The summed E-state index contributed by atoms with van der Waals surface area (Å²) < 4.78 is 22.5. The molecule has 0 amide bonds. The van der Waals surface area contributed by atoms with Gasteiger partial charge in [0.05, 0.1) is 5.60 Å². The summed E-state index contributed by atoms with van der Waals surface area (Å²) in [7, 11) is 2.56. The quantitative estimate of drug-likeness (QED) is 0.639. The summed E-state index contributed by atoms with van der Waals surface area (Å²) in [5, 5.41) is 0. The molecule has 1 saturated carbocycles. The van der Waals surface area contributed by atoms with Crippen molar-refractivity contribution in [2.24, 2.45) is 0 Å². The van der Waals surface area contributed by atoms with Gasteiger partial charge in [-0.15, -0.1) is 0 Å². The molecule has 0 unspecified atom stereocenters. The average molecular weight is 276 g/mol. The third-order valence-corrected chi connectivity index (χ3v) is 6.76. The summed E-state index contributed by atoms with van der Waals surface area (Å²) >= 11 is 0. The van der Waals surface area contributed by atoms with Crippen LogP contribution in [0.5, 0.6) is 0 Å². The van der Waals surface area contributed by atoms with E-state index in [0.717, 1.165) is 31.9 Å². The lowest BCUT2D eigenvalue weighted by Gasteiger charge is -2.38. The zero-order chi connectivity index (χ0) is 13.5. The van der Waals surface area contributed by atoms with E-state index in [1.54, 1.807) is 21.3 Å². The summed E-state index contributed by atoms with van der Waals surface area (Å²) in [5.74, 6) is 0. The number of ether oxygens (including phenoxy) is 1. The topological polar surface area (TPSA) is 36.9 Å². The van der Waals surface area contributed by atoms with Crippen LogP contribution in [0.2, 0.25) is 6.04 Å². The maximum Gasteiger partial charge on any atom is 0.500 e. The van der Waals surface area contributed by atoms with E-state index < -0.39 is 8.80 Å². The van der Waals surface area contributed by atoms with Crippen LogP contribution in [0.3, 0.4) is 0 Å². The smallest absolute Gasteiger partial charge is 0.377 e. The van der Waals surface area contributed by atoms with Crippen molar-refractivity contribution in [1.29, 1.82) is 0 Å². The van der Waals surface area contributed by atoms with Crippen molar-refractivity contribution in [3.05, 3.63) is 0 Å². The van der Waals surface area contributed by atoms with Gasteiger partial charge in [-0.1, -0.05) is 19.3 Å². The van der Waals surface area contributed by atoms with Crippen molar-refractivity contribution in [2.45, 2.75) is 57.1 Å². The second-order valence-corrected chi connectivity index (χ2v) is 8.06. The molecule has 0 spiro atoms. The Morgan fingerprint density at radius 1 is 0.944 bits per heavy atom. The summed E-state index contributed by atoms with van der Waals surface area (Å²) in [5.41, 5.74) is 0.0286. The maximum absolute atomic E-state index is 6.05. The molecule has 0 N–H and O–H groups in total. The van der Waals surface area contributed by atoms with Crippen molar-refractivity contribution in [3.63, 3.8) is 0 Å². The van der Waals surface area contributed by atoms with Gasteiger partial charge in [0.1, 0.15) is 0 Å². The molecule has 108 valence electrons. The van der Waals surface area contributed by atoms with E-state index in [-0.39, 0.29) is 5.60 Å². The van der Waals surface area contributed by atoms with Crippen LogP contribution in [0.25, 0.3) is 0 Å². The fourth-order valence-corrected chi connectivity index (χ4v) is 4.78. The van der Waals surface area contributed by atoms with E-state index in [2.05, 4.69) is 6.92 Å². The van der Waals surface area contributed by atoms with E-state index in [1.807, 2.05) is 0 Å². The maximum atomic E-state index is 6.05. The minimum absolute atomic E-state index is 0.0286. The van der Waals surface area contributed by atoms with Crippen molar-refractivity contribution in [3.8, 4) is 0 Å². The van der Waals surface area contributed by atoms with Crippen molar-refractivity contribution in [2.75, 3.05) is 27.9 Å². The van der Waals surface area contributed by atoms with Gasteiger partial charge in [0.25, 0.3) is 0 Å². The van der Waals surface area contributed by atoms with Crippen LogP contribution >= 0.6 is 0 Å². The third kappa shape index (κ3) is 4.03. The Morgan fingerprint density at radius 3 is 1.94 bits per heavy atom. The van der Waals surface area contributed by atoms with Gasteiger partial charge in [0.15, 0.2) is 0 Å². The van der Waals surface area contributed by atoms with Gasteiger partial charge in [0.2, 0.25) is 0 Å². The van der Waals surface area contributed by atoms with Gasteiger partial charge in [-0.05, 0) is 26.2 Å². The van der Waals surface area contributed by atoms with Gasteiger partial charge in [-0.2, -0.15) is 0 Å². The standard InChI is InChI=1S/C13H28O4Si/c1-5-17-13(9-7-6-8-10-13)11-12-18(14-2,15-3)16-4/h5-12H2,1-4H3. The van der Waals surface area contributed by atoms with Gasteiger partial charge in [0, 0.05) is 34.0 Å². The highest BCUT2D eigenvalue weighted by Gasteiger charge is 2.42. The highest BCUT2D eigenvalue weighted by molar-refractivity contribution is 6.60. The molecule has 0 aromatic heterocycles. The third-order valence-electron chi connectivity index (χ3n) is 4.04. The highest BCUT2D eigenvalue weighted by Crippen LogP contribution is 2.37. The van der Waals surface area contributed by atoms with Gasteiger partial charge in [-0.3, -0.25) is 0 Å². The van der Waals surface area contributed by atoms with Crippen LogP contribution in [0.4, 0.5) is 0 Å². The molecule has 1 rings (SSSR count). The summed E-state index contributed by atoms with van der Waals surface area (Å²) in [6.45, 7) is 2.85. The Labute approximate surface area is 112 Å². The first-order valence-corrected chi connectivity index (χ1v) is 8.88. The van der Waals surface area contributed by atoms with Gasteiger partial charge in [-0.25, -0.2) is 0 Å². The zero-order valence-corrected chi connectivity index (χ0v) is 13.3. The molecule has 5 heteroatoms. The van der Waals surface area contributed by atoms with E-state index in [4.69, 9.17) is 18.0 Å². The normalized spacial score (nSPS) is 20.0. The number of hydrogen-bond donors (Lipinski definition) is 0. The molecule has 0 aliphatic heterocycles. The Morgan fingerprint density at radius 2 is 1.50 bits per heavy atom. The van der Waals surface area contributed by atoms with E-state index >= 15 is 0 Å². The first kappa shape index (κ1) is 16.1. The Hall–Kier alpha value is 0.0569. The fraction of sp³-hybridized carbons (Fsp3) is 1.00. The minimum atomic E-state index is -2.46. The molecule has 0 atom stereocenters. The molecule has 0 aromatic carbocycles. The fourth-order valence-electron chi connectivity index (χ4n) is 2.91. The molecule has 0 aromatic rings. The van der Waals surface area contributed by atoms with Crippen LogP contribution < -0.4 is 0 Å². The molecule has 0 radical (unpaired) electrons. The Balaban J connectivity index is 2.60. The molecule has 0 heterocycles. The molecular formula is C13H28O4Si. The van der Waals surface area contributed by atoms with Crippen LogP contribution in [0, 0.1) is 0 Å². The summed E-state index contributed by atoms with van der Waals surface area (Å²) in [6.07, 6.45) is 7.15. The van der Waals surface area contributed by atoms with E-state index in [9.17, 15) is 0 Å². The van der Waals surface area contributed by atoms with Crippen molar-refractivity contribution >= 4 is 8.80 Å². The summed E-state index contributed by atoms with van der Waals surface area (Å²) in [6, 6.07) is 0.830. The first-order valence-electron chi connectivity index (χ1n) is 6.95. The van der Waals surface area contributed by atoms with Crippen molar-refractivity contribution < 1.29 is 18.0 Å². The molecule has 1 aliphatic rings. The van der Waals surface area contributed by atoms with E-state index in [1.165, 1.54) is 19.3 Å². The molecule has 0 saturated heterocycles. The molecular weight excluding hydrogens is 248 g/mol. The van der Waals surface area contributed by atoms with Crippen LogP contribution in [0.15, 0.2) is 0 Å².